The molecule has 1 amide bonds. The number of amides is 1. The molecular formula is C15H17N3O6S. The molecule has 0 aliphatic carbocycles. The molecule has 2 heterocycles. The van der Waals surface area contributed by atoms with E-state index in [0.29, 0.717) is 22.9 Å². The number of fused-ring (bicyclic) bond motifs is 1. The highest BCUT2D eigenvalue weighted by molar-refractivity contribution is 7.92. The highest BCUT2D eigenvalue weighted by Gasteiger charge is 2.22. The van der Waals surface area contributed by atoms with Gasteiger partial charge in [0, 0.05) is 30.8 Å². The van der Waals surface area contributed by atoms with E-state index < -0.39 is 10.0 Å². The smallest absolute Gasteiger partial charge is 0.233 e. The lowest BCUT2D eigenvalue weighted by Crippen LogP contribution is -2.33. The van der Waals surface area contributed by atoms with Crippen LogP contribution in [0.5, 0.6) is 11.5 Å². The number of ether oxygens (including phenoxy) is 2. The summed E-state index contributed by atoms with van der Waals surface area (Å²) < 4.78 is 40.2. The number of hydrogen-bond acceptors (Lipinski definition) is 7. The first kappa shape index (κ1) is 17.1. The van der Waals surface area contributed by atoms with Gasteiger partial charge in [0.15, 0.2) is 17.3 Å². The number of benzene rings is 1. The lowest BCUT2D eigenvalue weighted by molar-refractivity contribution is -0.116. The summed E-state index contributed by atoms with van der Waals surface area (Å²) in [7, 11) is -3.59. The summed E-state index contributed by atoms with van der Waals surface area (Å²) >= 11 is 0. The largest absolute Gasteiger partial charge is 0.454 e. The van der Waals surface area contributed by atoms with Crippen LogP contribution in [0, 0.1) is 6.92 Å². The van der Waals surface area contributed by atoms with Crippen molar-refractivity contribution in [1.82, 2.24) is 5.16 Å². The van der Waals surface area contributed by atoms with Gasteiger partial charge in [0.1, 0.15) is 5.76 Å². The van der Waals surface area contributed by atoms with Gasteiger partial charge in [-0.2, -0.15) is 0 Å². The summed E-state index contributed by atoms with van der Waals surface area (Å²) in [5, 5.41) is 6.39. The maximum absolute atomic E-state index is 12.1. The number of aryl methyl sites for hydroxylation is 1. The minimum atomic E-state index is -3.59. The fourth-order valence-corrected chi connectivity index (χ4v) is 3.17. The third kappa shape index (κ3) is 4.02. The first-order valence-electron chi connectivity index (χ1n) is 7.43. The fraction of sp³-hybridized carbons (Fsp3) is 0.333. The minimum absolute atomic E-state index is 0.0482. The summed E-state index contributed by atoms with van der Waals surface area (Å²) in [6, 6.07) is 6.52. The lowest BCUT2D eigenvalue weighted by atomic mass is 10.2. The van der Waals surface area contributed by atoms with Crippen LogP contribution >= 0.6 is 0 Å². The highest BCUT2D eigenvalue weighted by atomic mass is 32.2. The Kier molecular flexibility index (Phi) is 4.53. The van der Waals surface area contributed by atoms with E-state index >= 15 is 0 Å². The van der Waals surface area contributed by atoms with E-state index in [1.54, 1.807) is 25.1 Å². The van der Waals surface area contributed by atoms with E-state index in [1.165, 1.54) is 6.07 Å². The summed E-state index contributed by atoms with van der Waals surface area (Å²) in [6.07, 6.45) is 1.00. The Morgan fingerprint density at radius 1 is 1.28 bits per heavy atom. The van der Waals surface area contributed by atoms with Crippen LogP contribution < -0.4 is 19.1 Å². The average Bonchev–Trinajstić information content (AvgIpc) is 3.14. The van der Waals surface area contributed by atoms with Crippen molar-refractivity contribution in [3.8, 4) is 11.5 Å². The molecule has 1 aromatic heterocycles. The predicted molar refractivity (Wildman–Crippen MR) is 89.2 cm³/mol. The topological polar surface area (TPSA) is 111 Å². The molecule has 1 aliphatic rings. The quantitative estimate of drug-likeness (QED) is 0.824. The van der Waals surface area contributed by atoms with Crippen LogP contribution in [-0.4, -0.2) is 39.1 Å². The first-order valence-corrected chi connectivity index (χ1v) is 9.28. The number of nitrogens with zero attached hydrogens (tertiary/aromatic N) is 2. The standard InChI is InChI=1S/C15H17N3O6S/c1-10-7-14(17-24-10)18(25(2,20)21)6-5-15(19)16-11-3-4-12-13(8-11)23-9-22-12/h3-4,7-8H,5-6,9H2,1-2H3,(H,16,19). The zero-order chi connectivity index (χ0) is 18.0. The molecular weight excluding hydrogens is 350 g/mol. The number of carbonyl (C=O) groups is 1. The molecule has 1 N–H and O–H groups in total. The normalized spacial score (nSPS) is 12.9. The number of sulfonamides is 1. The van der Waals surface area contributed by atoms with Crippen molar-refractivity contribution in [3.63, 3.8) is 0 Å². The van der Waals surface area contributed by atoms with Crippen LogP contribution in [0.4, 0.5) is 11.5 Å². The molecule has 134 valence electrons. The molecule has 9 nitrogen and oxygen atoms in total. The second-order valence-corrected chi connectivity index (χ2v) is 7.40. The maximum Gasteiger partial charge on any atom is 0.233 e. The monoisotopic (exact) mass is 367 g/mol. The highest BCUT2D eigenvalue weighted by Crippen LogP contribution is 2.34. The summed E-state index contributed by atoms with van der Waals surface area (Å²) in [6.45, 7) is 1.75. The Labute approximate surface area is 144 Å². The van der Waals surface area contributed by atoms with E-state index in [1.807, 2.05) is 0 Å². The molecule has 0 saturated carbocycles. The van der Waals surface area contributed by atoms with Crippen molar-refractivity contribution >= 4 is 27.4 Å². The molecule has 0 radical (unpaired) electrons. The van der Waals surface area contributed by atoms with Crippen LogP contribution in [0.25, 0.3) is 0 Å². The van der Waals surface area contributed by atoms with E-state index in [0.717, 1.165) is 10.6 Å². The second-order valence-electron chi connectivity index (χ2n) is 5.50. The fourth-order valence-electron chi connectivity index (χ4n) is 2.32. The average molecular weight is 367 g/mol. The van der Waals surface area contributed by atoms with E-state index in [2.05, 4.69) is 10.5 Å². The molecule has 0 spiro atoms. The minimum Gasteiger partial charge on any atom is -0.454 e. The van der Waals surface area contributed by atoms with Gasteiger partial charge in [-0.05, 0) is 19.1 Å². The Hall–Kier alpha value is -2.75. The summed E-state index contributed by atoms with van der Waals surface area (Å²) in [5.41, 5.74) is 0.539. The molecule has 0 fully saturated rings. The lowest BCUT2D eigenvalue weighted by Gasteiger charge is -2.18. The van der Waals surface area contributed by atoms with Crippen molar-refractivity contribution in [2.24, 2.45) is 0 Å². The van der Waals surface area contributed by atoms with Crippen molar-refractivity contribution in [1.29, 1.82) is 0 Å². The molecule has 0 atom stereocenters. The van der Waals surface area contributed by atoms with Gasteiger partial charge in [-0.3, -0.25) is 9.10 Å². The molecule has 10 heteroatoms. The Bertz CT molecular complexity index is 892. The third-order valence-electron chi connectivity index (χ3n) is 3.47. The van der Waals surface area contributed by atoms with E-state index in [4.69, 9.17) is 14.0 Å². The number of anilines is 2. The zero-order valence-electron chi connectivity index (χ0n) is 13.7. The van der Waals surface area contributed by atoms with Crippen molar-refractivity contribution in [2.75, 3.05) is 29.2 Å². The van der Waals surface area contributed by atoms with Gasteiger partial charge in [0.05, 0.1) is 6.26 Å². The van der Waals surface area contributed by atoms with Gasteiger partial charge in [0.2, 0.25) is 22.7 Å². The summed E-state index contributed by atoms with van der Waals surface area (Å²) in [4.78, 5) is 12.1. The van der Waals surface area contributed by atoms with Crippen molar-refractivity contribution in [3.05, 3.63) is 30.0 Å². The van der Waals surface area contributed by atoms with Crippen LogP contribution in [-0.2, 0) is 14.8 Å². The molecule has 0 bridgehead atoms. The Morgan fingerprint density at radius 3 is 2.72 bits per heavy atom. The molecule has 1 aromatic carbocycles. The van der Waals surface area contributed by atoms with Crippen LogP contribution in [0.15, 0.2) is 28.8 Å². The molecule has 1 aliphatic heterocycles. The van der Waals surface area contributed by atoms with Crippen LogP contribution in [0.1, 0.15) is 12.2 Å². The number of rotatable bonds is 6. The Morgan fingerprint density at radius 2 is 2.04 bits per heavy atom. The van der Waals surface area contributed by atoms with Gasteiger partial charge in [0.25, 0.3) is 0 Å². The first-order chi connectivity index (χ1) is 11.8. The molecule has 25 heavy (non-hydrogen) atoms. The van der Waals surface area contributed by atoms with Crippen LogP contribution in [0.3, 0.4) is 0 Å². The van der Waals surface area contributed by atoms with Gasteiger partial charge in [-0.1, -0.05) is 5.16 Å². The second kappa shape index (κ2) is 6.63. The van der Waals surface area contributed by atoms with E-state index in [9.17, 15) is 13.2 Å². The van der Waals surface area contributed by atoms with Crippen LogP contribution in [0.2, 0.25) is 0 Å². The Balaban J connectivity index is 1.64. The molecule has 0 unspecified atom stereocenters. The van der Waals surface area contributed by atoms with Crippen molar-refractivity contribution in [2.45, 2.75) is 13.3 Å². The third-order valence-corrected chi connectivity index (χ3v) is 4.64. The van der Waals surface area contributed by atoms with Gasteiger partial charge in [-0.25, -0.2) is 8.42 Å². The maximum atomic E-state index is 12.1. The summed E-state index contributed by atoms with van der Waals surface area (Å²) in [5.74, 6) is 1.45. The van der Waals surface area contributed by atoms with Crippen molar-refractivity contribution < 1.29 is 27.2 Å². The molecule has 0 saturated heterocycles. The SMILES string of the molecule is Cc1cc(N(CCC(=O)Nc2ccc3c(c2)OCO3)S(C)(=O)=O)no1. The van der Waals surface area contributed by atoms with E-state index in [-0.39, 0.29) is 31.5 Å². The molecule has 3 rings (SSSR count). The van der Waals surface area contributed by atoms with Gasteiger partial charge < -0.3 is 19.3 Å². The van der Waals surface area contributed by atoms with Gasteiger partial charge >= 0.3 is 0 Å². The zero-order valence-corrected chi connectivity index (χ0v) is 14.5. The number of hydrogen-bond donors (Lipinski definition) is 1. The number of carbonyl (C=O) groups excluding carboxylic acids is 1. The van der Waals surface area contributed by atoms with Gasteiger partial charge in [-0.15, -0.1) is 0 Å². The predicted octanol–water partition coefficient (Wildman–Crippen LogP) is 1.51. The number of aromatic nitrogens is 1. The molecule has 2 aromatic rings. The number of nitrogens with one attached hydrogen (secondary N) is 1.